The second-order valence-corrected chi connectivity index (χ2v) is 11.0. The highest BCUT2D eigenvalue weighted by molar-refractivity contribution is 6.35. The molecular weight excluding hydrogens is 559 g/mol. The zero-order valence-electron chi connectivity index (χ0n) is 21.7. The van der Waals surface area contributed by atoms with Crippen LogP contribution in [0.4, 0.5) is 15.8 Å². The zero-order valence-corrected chi connectivity index (χ0v) is 22.5. The predicted molar refractivity (Wildman–Crippen MR) is 155 cm³/mol. The number of carbonyl (C=O) groups is 3. The molecule has 2 heterocycles. The summed E-state index contributed by atoms with van der Waals surface area (Å²) in [5.74, 6) is -2.86. The standard InChI is InChI=1S/C33H20ClFN2O5/c34-25-8-4-3-7-24(25)30(38)29-28(18-9-13-21(14-10-18)37(41)42)33(31(39)22-5-1-2-6-23(22)32(33)40)27-16-11-19-17-20(35)12-15-26(19)36(27)29/h1-17,27-29H/t27-,28-,29+/m1/s1. The predicted octanol–water partition coefficient (Wildman–Crippen LogP) is 6.70. The Bertz CT molecular complexity index is 1850. The van der Waals surface area contributed by atoms with Crippen molar-refractivity contribution in [1.29, 1.82) is 0 Å². The summed E-state index contributed by atoms with van der Waals surface area (Å²) >= 11 is 6.51. The van der Waals surface area contributed by atoms with Crippen molar-refractivity contribution in [1.82, 2.24) is 0 Å². The molecule has 1 saturated heterocycles. The molecule has 0 saturated carbocycles. The molecule has 1 fully saturated rings. The molecule has 9 heteroatoms. The maximum absolute atomic E-state index is 14.6. The number of nitrogens with zero attached hydrogens (tertiary/aromatic N) is 2. The van der Waals surface area contributed by atoms with Gasteiger partial charge in [-0.15, -0.1) is 0 Å². The van der Waals surface area contributed by atoms with E-state index in [0.29, 0.717) is 16.8 Å². The summed E-state index contributed by atoms with van der Waals surface area (Å²) in [6.45, 7) is 0. The van der Waals surface area contributed by atoms with Crippen LogP contribution in [0.5, 0.6) is 0 Å². The summed E-state index contributed by atoms with van der Waals surface area (Å²) in [7, 11) is 0. The minimum atomic E-state index is -1.79. The number of rotatable bonds is 4. The van der Waals surface area contributed by atoms with E-state index < -0.39 is 51.5 Å². The molecule has 4 aromatic rings. The second kappa shape index (κ2) is 9.29. The first-order valence-electron chi connectivity index (χ1n) is 13.2. The number of halogens is 2. The molecule has 4 aromatic carbocycles. The van der Waals surface area contributed by atoms with E-state index in [1.165, 1.54) is 42.5 Å². The fourth-order valence-corrected chi connectivity index (χ4v) is 7.17. The maximum atomic E-state index is 14.6. The van der Waals surface area contributed by atoms with Crippen molar-refractivity contribution in [3.05, 3.63) is 146 Å². The van der Waals surface area contributed by atoms with Crippen molar-refractivity contribution in [2.45, 2.75) is 18.0 Å². The summed E-state index contributed by atoms with van der Waals surface area (Å²) in [5.41, 5.74) is 0.104. The third kappa shape index (κ3) is 3.42. The molecule has 2 aliphatic heterocycles. The Morgan fingerprint density at radius 2 is 1.55 bits per heavy atom. The number of fused-ring (bicyclic) bond motifs is 5. The first-order chi connectivity index (χ1) is 20.2. The lowest BCUT2D eigenvalue weighted by atomic mass is 9.64. The number of benzene rings is 4. The van der Waals surface area contributed by atoms with Crippen LogP contribution in [0.2, 0.25) is 5.02 Å². The van der Waals surface area contributed by atoms with Crippen LogP contribution >= 0.6 is 11.6 Å². The molecule has 3 atom stereocenters. The number of nitro benzene ring substituents is 1. The first kappa shape index (κ1) is 26.0. The molecular formula is C33H20ClFN2O5. The molecule has 0 N–H and O–H groups in total. The summed E-state index contributed by atoms with van der Waals surface area (Å²) in [4.78, 5) is 56.5. The maximum Gasteiger partial charge on any atom is 0.269 e. The van der Waals surface area contributed by atoms with E-state index in [0.717, 1.165) is 0 Å². The Balaban J connectivity index is 1.55. The van der Waals surface area contributed by atoms with Crippen LogP contribution in [0.15, 0.2) is 97.1 Å². The van der Waals surface area contributed by atoms with Gasteiger partial charge in [-0.1, -0.05) is 72.3 Å². The summed E-state index contributed by atoms with van der Waals surface area (Å²) < 4.78 is 14.4. The van der Waals surface area contributed by atoms with Crippen molar-refractivity contribution in [2.24, 2.45) is 5.41 Å². The number of ketones is 3. The number of carbonyl (C=O) groups excluding carboxylic acids is 3. The van der Waals surface area contributed by atoms with Gasteiger partial charge < -0.3 is 4.90 Å². The molecule has 0 bridgehead atoms. The lowest BCUT2D eigenvalue weighted by molar-refractivity contribution is -0.384. The quantitative estimate of drug-likeness (QED) is 0.116. The zero-order chi connectivity index (χ0) is 29.3. The first-order valence-corrected chi connectivity index (χ1v) is 13.6. The fourth-order valence-electron chi connectivity index (χ4n) is 6.94. The van der Waals surface area contributed by atoms with Gasteiger partial charge in [0.1, 0.15) is 17.3 Å². The van der Waals surface area contributed by atoms with Gasteiger partial charge in [-0.25, -0.2) is 4.39 Å². The number of hydrogen-bond acceptors (Lipinski definition) is 6. The summed E-state index contributed by atoms with van der Waals surface area (Å²) in [6.07, 6.45) is 3.35. The molecule has 0 amide bonds. The Kier molecular flexibility index (Phi) is 5.75. The third-order valence-electron chi connectivity index (χ3n) is 8.64. The molecule has 0 aromatic heterocycles. The van der Waals surface area contributed by atoms with E-state index in [2.05, 4.69) is 0 Å². The van der Waals surface area contributed by atoms with Gasteiger partial charge in [0.15, 0.2) is 17.3 Å². The average molecular weight is 579 g/mol. The van der Waals surface area contributed by atoms with Gasteiger partial charge in [0.05, 0.1) is 16.0 Å². The number of nitro groups is 1. The smallest absolute Gasteiger partial charge is 0.269 e. The molecule has 7 nitrogen and oxygen atoms in total. The second-order valence-electron chi connectivity index (χ2n) is 10.6. The van der Waals surface area contributed by atoms with Crippen molar-refractivity contribution < 1.29 is 23.7 Å². The van der Waals surface area contributed by atoms with Crippen LogP contribution in [0.3, 0.4) is 0 Å². The molecule has 0 unspecified atom stereocenters. The van der Waals surface area contributed by atoms with Crippen LogP contribution in [0.1, 0.15) is 48.1 Å². The van der Waals surface area contributed by atoms with Crippen LogP contribution in [-0.4, -0.2) is 34.4 Å². The van der Waals surface area contributed by atoms with E-state index in [-0.39, 0.29) is 27.4 Å². The van der Waals surface area contributed by atoms with Crippen molar-refractivity contribution >= 4 is 46.4 Å². The molecule has 3 aliphatic rings. The van der Waals surface area contributed by atoms with Crippen LogP contribution in [-0.2, 0) is 0 Å². The minimum Gasteiger partial charge on any atom is -0.352 e. The number of Topliss-reactive ketones (excluding diaryl/α,β-unsaturated/α-hetero) is 3. The average Bonchev–Trinajstić information content (AvgIpc) is 3.43. The van der Waals surface area contributed by atoms with Gasteiger partial charge >= 0.3 is 0 Å². The Morgan fingerprint density at radius 3 is 2.19 bits per heavy atom. The van der Waals surface area contributed by atoms with E-state index >= 15 is 0 Å². The minimum absolute atomic E-state index is 0.175. The molecule has 1 aliphatic carbocycles. The topological polar surface area (TPSA) is 97.6 Å². The fraction of sp³-hybridized carbons (Fsp3) is 0.121. The van der Waals surface area contributed by atoms with Gasteiger partial charge in [-0.3, -0.25) is 24.5 Å². The van der Waals surface area contributed by atoms with E-state index in [1.807, 2.05) is 0 Å². The largest absolute Gasteiger partial charge is 0.352 e. The third-order valence-corrected chi connectivity index (χ3v) is 8.97. The van der Waals surface area contributed by atoms with E-state index in [9.17, 15) is 28.9 Å². The molecule has 0 radical (unpaired) electrons. The van der Waals surface area contributed by atoms with Gasteiger partial charge in [0, 0.05) is 46.0 Å². The lowest BCUT2D eigenvalue weighted by Gasteiger charge is -2.37. The Morgan fingerprint density at radius 1 is 0.905 bits per heavy atom. The SMILES string of the molecule is O=C(c1ccccc1Cl)[C@@H]1[C@@H](c2ccc([N+](=O)[O-])cc2)C2(C(=O)c3ccccc3C2=O)[C@H]2C=Cc3cc(F)ccc3N12. The summed E-state index contributed by atoms with van der Waals surface area (Å²) in [5, 5.41) is 11.7. The van der Waals surface area contributed by atoms with Crippen molar-refractivity contribution in [3.63, 3.8) is 0 Å². The van der Waals surface area contributed by atoms with Crippen LogP contribution < -0.4 is 4.90 Å². The lowest BCUT2D eigenvalue weighted by Crippen LogP contribution is -2.48. The van der Waals surface area contributed by atoms with Crippen LogP contribution in [0, 0.1) is 21.3 Å². The Labute approximate surface area is 244 Å². The van der Waals surface area contributed by atoms with Crippen molar-refractivity contribution in [2.75, 3.05) is 4.90 Å². The number of non-ortho nitro benzene ring substituents is 1. The molecule has 206 valence electrons. The van der Waals surface area contributed by atoms with Gasteiger partial charge in [0.2, 0.25) is 0 Å². The molecule has 1 spiro atoms. The highest BCUT2D eigenvalue weighted by Gasteiger charge is 2.71. The normalized spacial score (nSPS) is 21.3. The van der Waals surface area contributed by atoms with Gasteiger partial charge in [-0.05, 0) is 35.9 Å². The number of anilines is 1. The van der Waals surface area contributed by atoms with E-state index in [1.54, 1.807) is 65.6 Å². The highest BCUT2D eigenvalue weighted by Crippen LogP contribution is 2.61. The molecule has 7 rings (SSSR count). The van der Waals surface area contributed by atoms with Gasteiger partial charge in [0.25, 0.3) is 5.69 Å². The van der Waals surface area contributed by atoms with Gasteiger partial charge in [-0.2, -0.15) is 0 Å². The van der Waals surface area contributed by atoms with Crippen LogP contribution in [0.25, 0.3) is 6.08 Å². The van der Waals surface area contributed by atoms with Crippen molar-refractivity contribution in [3.8, 4) is 0 Å². The molecule has 42 heavy (non-hydrogen) atoms. The highest BCUT2D eigenvalue weighted by atomic mass is 35.5. The monoisotopic (exact) mass is 578 g/mol. The number of hydrogen-bond donors (Lipinski definition) is 0. The van der Waals surface area contributed by atoms with E-state index in [4.69, 9.17) is 11.6 Å². The summed E-state index contributed by atoms with van der Waals surface area (Å²) in [6, 6.07) is 20.7. The Hall–Kier alpha value is -4.95.